The van der Waals surface area contributed by atoms with Crippen LogP contribution in [0.4, 0.5) is 0 Å². The van der Waals surface area contributed by atoms with Crippen LogP contribution < -0.4 is 14.9 Å². The number of rotatable bonds is 7. The zero-order valence-electron chi connectivity index (χ0n) is 20.0. The van der Waals surface area contributed by atoms with Crippen molar-refractivity contribution in [3.63, 3.8) is 0 Å². The Morgan fingerprint density at radius 1 is 0.865 bits per heavy atom. The van der Waals surface area contributed by atoms with Gasteiger partial charge in [0.2, 0.25) is 0 Å². The molecule has 182 valence electrons. The fraction of sp³-hybridized carbons (Fsp3) is 0.0333. The number of fused-ring (bicyclic) bond motifs is 1. The summed E-state index contributed by atoms with van der Waals surface area (Å²) in [6.45, 7) is 0. The van der Waals surface area contributed by atoms with Gasteiger partial charge < -0.3 is 14.5 Å². The molecule has 1 aromatic heterocycles. The summed E-state index contributed by atoms with van der Waals surface area (Å²) in [5.74, 6) is 0.128. The molecule has 2 N–H and O–H groups in total. The van der Waals surface area contributed by atoms with Gasteiger partial charge in [-0.2, -0.15) is 5.10 Å². The summed E-state index contributed by atoms with van der Waals surface area (Å²) >= 11 is 0. The molecule has 1 amide bonds. The van der Waals surface area contributed by atoms with Crippen molar-refractivity contribution < 1.29 is 19.1 Å². The number of amides is 1. The highest BCUT2D eigenvalue weighted by atomic mass is 16.5. The number of ether oxygens (including phenoxy) is 2. The fourth-order valence-electron chi connectivity index (χ4n) is 4.00. The third-order valence-electron chi connectivity index (χ3n) is 5.80. The largest absolute Gasteiger partial charge is 0.497 e. The van der Waals surface area contributed by atoms with Gasteiger partial charge in [-0.05, 0) is 48.0 Å². The molecular weight excluding hydrogens is 466 g/mol. The molecule has 0 saturated carbocycles. The van der Waals surface area contributed by atoms with Crippen molar-refractivity contribution in [1.82, 2.24) is 10.4 Å². The summed E-state index contributed by atoms with van der Waals surface area (Å²) in [6.07, 6.45) is 1.44. The van der Waals surface area contributed by atoms with Crippen LogP contribution in [-0.4, -0.2) is 30.2 Å². The molecule has 0 spiro atoms. The number of carbonyl (C=O) groups is 2. The monoisotopic (exact) mass is 489 g/mol. The number of carbonyl (C=O) groups excluding carboxylic acids is 2. The molecular formula is C30H23N3O4. The lowest BCUT2D eigenvalue weighted by Crippen LogP contribution is -2.19. The number of hydrogen-bond acceptors (Lipinski definition) is 5. The first-order chi connectivity index (χ1) is 18.1. The van der Waals surface area contributed by atoms with E-state index >= 15 is 0 Å². The molecule has 5 rings (SSSR count). The first-order valence-corrected chi connectivity index (χ1v) is 11.6. The summed E-state index contributed by atoms with van der Waals surface area (Å²) in [5.41, 5.74) is 6.36. The molecule has 0 unspecified atom stereocenters. The summed E-state index contributed by atoms with van der Waals surface area (Å²) < 4.78 is 10.9. The van der Waals surface area contributed by atoms with Crippen LogP contribution in [-0.2, 0) is 0 Å². The van der Waals surface area contributed by atoms with E-state index in [0.29, 0.717) is 28.3 Å². The lowest BCUT2D eigenvalue weighted by atomic mass is 10.0. The van der Waals surface area contributed by atoms with Crippen molar-refractivity contribution in [2.75, 3.05) is 7.11 Å². The number of esters is 1. The molecule has 37 heavy (non-hydrogen) atoms. The lowest BCUT2D eigenvalue weighted by Gasteiger charge is -2.07. The van der Waals surface area contributed by atoms with Gasteiger partial charge >= 0.3 is 5.97 Å². The molecule has 0 aliphatic heterocycles. The molecule has 7 nitrogen and oxygen atoms in total. The number of para-hydroxylation sites is 1. The number of nitrogens with one attached hydrogen (secondary N) is 2. The van der Waals surface area contributed by atoms with Gasteiger partial charge in [-0.15, -0.1) is 0 Å². The number of H-pyrrole nitrogens is 1. The van der Waals surface area contributed by atoms with Crippen LogP contribution in [0.3, 0.4) is 0 Å². The molecule has 0 atom stereocenters. The van der Waals surface area contributed by atoms with Crippen LogP contribution in [0.5, 0.6) is 11.5 Å². The number of hydrogen-bond donors (Lipinski definition) is 2. The van der Waals surface area contributed by atoms with E-state index in [2.05, 4.69) is 15.5 Å². The molecule has 0 aliphatic carbocycles. The van der Waals surface area contributed by atoms with Crippen LogP contribution >= 0.6 is 0 Å². The van der Waals surface area contributed by atoms with Crippen molar-refractivity contribution in [2.24, 2.45) is 5.10 Å². The normalized spacial score (nSPS) is 10.9. The molecule has 0 radical (unpaired) electrons. The van der Waals surface area contributed by atoms with E-state index in [9.17, 15) is 9.59 Å². The highest BCUT2D eigenvalue weighted by molar-refractivity contribution is 6.10. The average molecular weight is 490 g/mol. The first kappa shape index (κ1) is 23.6. The number of methoxy groups -OCH3 is 1. The third-order valence-corrected chi connectivity index (χ3v) is 5.80. The molecule has 5 aromatic rings. The van der Waals surface area contributed by atoms with E-state index in [1.165, 1.54) is 6.21 Å². The average Bonchev–Trinajstić information content (AvgIpc) is 3.33. The lowest BCUT2D eigenvalue weighted by molar-refractivity contribution is 0.0734. The van der Waals surface area contributed by atoms with E-state index in [1.54, 1.807) is 55.6 Å². The zero-order valence-corrected chi connectivity index (χ0v) is 20.0. The van der Waals surface area contributed by atoms with Crippen molar-refractivity contribution in [1.29, 1.82) is 0 Å². The van der Waals surface area contributed by atoms with Gasteiger partial charge in [0, 0.05) is 22.0 Å². The van der Waals surface area contributed by atoms with Crippen LogP contribution in [0.15, 0.2) is 108 Å². The van der Waals surface area contributed by atoms with Gasteiger partial charge in [-0.25, -0.2) is 10.2 Å². The molecule has 4 aromatic carbocycles. The first-order valence-electron chi connectivity index (χ1n) is 11.6. The second kappa shape index (κ2) is 10.6. The number of aromatic nitrogens is 1. The Labute approximate surface area is 213 Å². The number of hydrazone groups is 1. The molecule has 0 fully saturated rings. The van der Waals surface area contributed by atoms with Crippen LogP contribution in [0, 0.1) is 0 Å². The minimum Gasteiger partial charge on any atom is -0.497 e. The van der Waals surface area contributed by atoms with Gasteiger partial charge in [-0.3, -0.25) is 4.79 Å². The van der Waals surface area contributed by atoms with E-state index in [1.807, 2.05) is 54.6 Å². The van der Waals surface area contributed by atoms with Crippen molar-refractivity contribution in [3.8, 4) is 22.6 Å². The zero-order chi connectivity index (χ0) is 25.6. The highest BCUT2D eigenvalue weighted by Crippen LogP contribution is 2.34. The quantitative estimate of drug-likeness (QED) is 0.130. The molecule has 0 bridgehead atoms. The van der Waals surface area contributed by atoms with Crippen molar-refractivity contribution >= 4 is 29.0 Å². The van der Waals surface area contributed by atoms with Gasteiger partial charge in [0.15, 0.2) is 0 Å². The Morgan fingerprint density at radius 2 is 1.57 bits per heavy atom. The van der Waals surface area contributed by atoms with Crippen molar-refractivity contribution in [2.45, 2.75) is 0 Å². The van der Waals surface area contributed by atoms with E-state index < -0.39 is 11.9 Å². The Morgan fingerprint density at radius 3 is 2.32 bits per heavy atom. The predicted molar refractivity (Wildman–Crippen MR) is 143 cm³/mol. The number of aromatic amines is 1. The van der Waals surface area contributed by atoms with Crippen LogP contribution in [0.2, 0.25) is 0 Å². The molecule has 0 saturated heterocycles. The second-order valence-corrected chi connectivity index (χ2v) is 8.15. The topological polar surface area (TPSA) is 92.8 Å². The Hall–Kier alpha value is -5.17. The van der Waals surface area contributed by atoms with Crippen molar-refractivity contribution in [3.05, 3.63) is 120 Å². The van der Waals surface area contributed by atoms with Gasteiger partial charge in [0.05, 0.1) is 18.9 Å². The highest BCUT2D eigenvalue weighted by Gasteiger charge is 2.19. The Balaban J connectivity index is 1.40. The summed E-state index contributed by atoms with van der Waals surface area (Å²) in [5, 5.41) is 5.00. The van der Waals surface area contributed by atoms with Gasteiger partial charge in [0.25, 0.3) is 5.91 Å². The number of nitrogens with zero attached hydrogens (tertiary/aromatic N) is 1. The maximum Gasteiger partial charge on any atom is 0.343 e. The van der Waals surface area contributed by atoms with Crippen LogP contribution in [0.1, 0.15) is 26.4 Å². The Kier molecular flexibility index (Phi) is 6.76. The number of benzene rings is 4. The smallest absolute Gasteiger partial charge is 0.343 e. The SMILES string of the molecule is COc1ccc2[nH]c(C(=O)NN=Cc3ccccc3OC(=O)c3ccccc3)c(-c3ccccc3)c2c1. The van der Waals surface area contributed by atoms with Gasteiger partial charge in [0.1, 0.15) is 17.2 Å². The molecule has 1 heterocycles. The summed E-state index contributed by atoms with van der Waals surface area (Å²) in [4.78, 5) is 28.9. The Bertz CT molecular complexity index is 1590. The fourth-order valence-corrected chi connectivity index (χ4v) is 4.00. The van der Waals surface area contributed by atoms with Crippen LogP contribution in [0.25, 0.3) is 22.0 Å². The van der Waals surface area contributed by atoms with E-state index in [0.717, 1.165) is 22.0 Å². The minimum absolute atomic E-state index is 0.331. The molecule has 7 heteroatoms. The standard InChI is InChI=1S/C30H23N3O4/c1-36-23-16-17-25-24(18-23)27(20-10-4-2-5-11-20)28(32-25)29(34)33-31-19-22-14-8-9-15-26(22)37-30(35)21-12-6-3-7-13-21/h2-19,32H,1H3,(H,33,34). The molecule has 0 aliphatic rings. The minimum atomic E-state index is -0.480. The van der Waals surface area contributed by atoms with E-state index in [-0.39, 0.29) is 0 Å². The summed E-state index contributed by atoms with van der Waals surface area (Å²) in [7, 11) is 1.60. The maximum absolute atomic E-state index is 13.2. The maximum atomic E-state index is 13.2. The summed E-state index contributed by atoms with van der Waals surface area (Å²) in [6, 6.07) is 30.9. The predicted octanol–water partition coefficient (Wildman–Crippen LogP) is 5.83. The van der Waals surface area contributed by atoms with E-state index in [4.69, 9.17) is 9.47 Å². The third kappa shape index (κ3) is 5.11. The second-order valence-electron chi connectivity index (χ2n) is 8.15. The van der Waals surface area contributed by atoms with Gasteiger partial charge in [-0.1, -0.05) is 60.7 Å².